The Morgan fingerprint density at radius 2 is 2.00 bits per heavy atom. The summed E-state index contributed by atoms with van der Waals surface area (Å²) in [5.74, 6) is 0.849. The molecule has 1 aromatic carbocycles. The zero-order chi connectivity index (χ0) is 15.8. The maximum atomic E-state index is 12.3. The van der Waals surface area contributed by atoms with E-state index < -0.39 is 0 Å². The van der Waals surface area contributed by atoms with E-state index in [-0.39, 0.29) is 18.4 Å². The molecule has 1 aromatic rings. The Hall–Kier alpha value is -1.35. The highest BCUT2D eigenvalue weighted by molar-refractivity contribution is 5.83. The smallest absolute Gasteiger partial charge is 0.227 e. The zero-order valence-electron chi connectivity index (χ0n) is 13.7. The van der Waals surface area contributed by atoms with E-state index in [1.165, 1.54) is 5.56 Å². The highest BCUT2D eigenvalue weighted by atomic mass is 16.3. The van der Waals surface area contributed by atoms with Crippen LogP contribution in [-0.4, -0.2) is 24.2 Å². The van der Waals surface area contributed by atoms with Crippen LogP contribution in [0.25, 0.3) is 0 Å². The van der Waals surface area contributed by atoms with Gasteiger partial charge in [-0.25, -0.2) is 0 Å². The number of benzene rings is 1. The van der Waals surface area contributed by atoms with Crippen molar-refractivity contribution in [1.29, 1.82) is 0 Å². The van der Waals surface area contributed by atoms with Gasteiger partial charge >= 0.3 is 0 Å². The van der Waals surface area contributed by atoms with E-state index in [1.54, 1.807) is 0 Å². The molecule has 0 aromatic heterocycles. The molecule has 0 aliphatic carbocycles. The van der Waals surface area contributed by atoms with Gasteiger partial charge in [0.15, 0.2) is 0 Å². The van der Waals surface area contributed by atoms with Crippen LogP contribution in [0, 0.1) is 18.8 Å². The Bertz CT molecular complexity index is 443. The predicted molar refractivity (Wildman–Crippen MR) is 87.3 cm³/mol. The Labute approximate surface area is 128 Å². The monoisotopic (exact) mass is 291 g/mol. The lowest BCUT2D eigenvalue weighted by Crippen LogP contribution is -2.33. The van der Waals surface area contributed by atoms with Gasteiger partial charge in [-0.2, -0.15) is 0 Å². The van der Waals surface area contributed by atoms with E-state index in [0.29, 0.717) is 18.4 Å². The summed E-state index contributed by atoms with van der Waals surface area (Å²) in [6.07, 6.45) is 1.77. The van der Waals surface area contributed by atoms with Gasteiger partial charge in [-0.3, -0.25) is 4.79 Å². The van der Waals surface area contributed by atoms with Crippen molar-refractivity contribution in [2.45, 2.75) is 46.5 Å². The first-order valence-corrected chi connectivity index (χ1v) is 7.89. The summed E-state index contributed by atoms with van der Waals surface area (Å²) in [5, 5.41) is 12.2. The van der Waals surface area contributed by atoms with E-state index in [2.05, 4.69) is 25.2 Å². The third-order valence-electron chi connectivity index (χ3n) is 3.84. The quantitative estimate of drug-likeness (QED) is 0.772. The summed E-state index contributed by atoms with van der Waals surface area (Å²) >= 11 is 0. The average Bonchev–Trinajstić information content (AvgIpc) is 2.43. The minimum Gasteiger partial charge on any atom is -0.396 e. The molecule has 1 rings (SSSR count). The van der Waals surface area contributed by atoms with Crippen LogP contribution in [0.4, 0.5) is 0 Å². The SMILES string of the molecule is Cc1cccc(C(C)C(=O)NCC(CCO)CC(C)C)c1. The van der Waals surface area contributed by atoms with Crippen molar-refractivity contribution in [2.24, 2.45) is 11.8 Å². The molecule has 2 N–H and O–H groups in total. The Balaban J connectivity index is 2.55. The van der Waals surface area contributed by atoms with Gasteiger partial charge < -0.3 is 10.4 Å². The molecule has 0 aliphatic rings. The molecule has 0 bridgehead atoms. The number of rotatable bonds is 8. The summed E-state index contributed by atoms with van der Waals surface area (Å²) in [4.78, 5) is 12.3. The molecule has 0 fully saturated rings. The van der Waals surface area contributed by atoms with Gasteiger partial charge in [0.1, 0.15) is 0 Å². The first kappa shape index (κ1) is 17.7. The van der Waals surface area contributed by atoms with Crippen molar-refractivity contribution in [1.82, 2.24) is 5.32 Å². The van der Waals surface area contributed by atoms with E-state index >= 15 is 0 Å². The molecule has 0 spiro atoms. The van der Waals surface area contributed by atoms with Crippen molar-refractivity contribution in [3.05, 3.63) is 35.4 Å². The van der Waals surface area contributed by atoms with Crippen LogP contribution in [0.15, 0.2) is 24.3 Å². The van der Waals surface area contributed by atoms with Crippen LogP contribution in [0.5, 0.6) is 0 Å². The van der Waals surface area contributed by atoms with Crippen molar-refractivity contribution >= 4 is 5.91 Å². The minimum absolute atomic E-state index is 0.0623. The normalized spacial score (nSPS) is 14.0. The molecule has 2 unspecified atom stereocenters. The Morgan fingerprint density at radius 1 is 1.29 bits per heavy atom. The summed E-state index contributed by atoms with van der Waals surface area (Å²) in [6, 6.07) is 8.08. The van der Waals surface area contributed by atoms with E-state index in [9.17, 15) is 4.79 Å². The van der Waals surface area contributed by atoms with Crippen LogP contribution < -0.4 is 5.32 Å². The molecular weight excluding hydrogens is 262 g/mol. The standard InChI is InChI=1S/C18H29NO2/c1-13(2)10-16(8-9-20)12-19-18(21)15(4)17-7-5-6-14(3)11-17/h5-7,11,13,15-16,20H,8-10,12H2,1-4H3,(H,19,21). The van der Waals surface area contributed by atoms with Gasteiger partial charge in [-0.1, -0.05) is 43.7 Å². The maximum absolute atomic E-state index is 12.3. The second-order valence-electron chi connectivity index (χ2n) is 6.39. The van der Waals surface area contributed by atoms with Crippen molar-refractivity contribution in [2.75, 3.05) is 13.2 Å². The van der Waals surface area contributed by atoms with Crippen LogP contribution in [0.2, 0.25) is 0 Å². The predicted octanol–water partition coefficient (Wildman–Crippen LogP) is 3.26. The minimum atomic E-state index is -0.140. The fraction of sp³-hybridized carbons (Fsp3) is 0.611. The number of hydrogen-bond donors (Lipinski definition) is 2. The molecule has 118 valence electrons. The van der Waals surface area contributed by atoms with Crippen LogP contribution >= 0.6 is 0 Å². The largest absolute Gasteiger partial charge is 0.396 e. The fourth-order valence-corrected chi connectivity index (χ4v) is 2.64. The number of amides is 1. The number of aliphatic hydroxyl groups is 1. The van der Waals surface area contributed by atoms with E-state index in [0.717, 1.165) is 18.4 Å². The lowest BCUT2D eigenvalue weighted by atomic mass is 9.93. The van der Waals surface area contributed by atoms with Crippen LogP contribution in [-0.2, 0) is 4.79 Å². The molecule has 1 amide bonds. The molecule has 21 heavy (non-hydrogen) atoms. The third kappa shape index (κ3) is 6.30. The second kappa shape index (κ2) is 8.83. The lowest BCUT2D eigenvalue weighted by Gasteiger charge is -2.20. The highest BCUT2D eigenvalue weighted by Gasteiger charge is 2.17. The molecule has 3 nitrogen and oxygen atoms in total. The maximum Gasteiger partial charge on any atom is 0.227 e. The van der Waals surface area contributed by atoms with Crippen LogP contribution in [0.3, 0.4) is 0 Å². The summed E-state index contributed by atoms with van der Waals surface area (Å²) in [6.45, 7) is 9.14. The molecular formula is C18H29NO2. The Kier molecular flexibility index (Phi) is 7.44. The molecule has 0 saturated heterocycles. The van der Waals surface area contributed by atoms with Crippen molar-refractivity contribution in [3.8, 4) is 0 Å². The number of carbonyl (C=O) groups excluding carboxylic acids is 1. The average molecular weight is 291 g/mol. The van der Waals surface area contributed by atoms with Gasteiger partial charge in [-0.05, 0) is 44.1 Å². The lowest BCUT2D eigenvalue weighted by molar-refractivity contribution is -0.122. The molecule has 0 saturated carbocycles. The first-order valence-electron chi connectivity index (χ1n) is 7.89. The van der Waals surface area contributed by atoms with E-state index in [4.69, 9.17) is 5.11 Å². The topological polar surface area (TPSA) is 49.3 Å². The van der Waals surface area contributed by atoms with Crippen molar-refractivity contribution in [3.63, 3.8) is 0 Å². The molecule has 0 radical (unpaired) electrons. The zero-order valence-corrected chi connectivity index (χ0v) is 13.7. The van der Waals surface area contributed by atoms with Gasteiger partial charge in [0.2, 0.25) is 5.91 Å². The van der Waals surface area contributed by atoms with Gasteiger partial charge in [0.05, 0.1) is 5.92 Å². The Morgan fingerprint density at radius 3 is 2.57 bits per heavy atom. The highest BCUT2D eigenvalue weighted by Crippen LogP contribution is 2.18. The van der Waals surface area contributed by atoms with E-state index in [1.807, 2.05) is 32.0 Å². The van der Waals surface area contributed by atoms with Gasteiger partial charge in [0.25, 0.3) is 0 Å². The summed E-state index contributed by atoms with van der Waals surface area (Å²) in [5.41, 5.74) is 2.22. The van der Waals surface area contributed by atoms with Crippen molar-refractivity contribution < 1.29 is 9.90 Å². The van der Waals surface area contributed by atoms with Gasteiger partial charge in [-0.15, -0.1) is 0 Å². The summed E-state index contributed by atoms with van der Waals surface area (Å²) in [7, 11) is 0. The molecule has 3 heteroatoms. The first-order chi connectivity index (χ1) is 9.93. The summed E-state index contributed by atoms with van der Waals surface area (Å²) < 4.78 is 0. The van der Waals surface area contributed by atoms with Crippen LogP contribution in [0.1, 0.15) is 50.7 Å². The number of aryl methyl sites for hydroxylation is 1. The second-order valence-corrected chi connectivity index (χ2v) is 6.39. The fourth-order valence-electron chi connectivity index (χ4n) is 2.64. The molecule has 2 atom stereocenters. The van der Waals surface area contributed by atoms with Gasteiger partial charge in [0, 0.05) is 13.2 Å². The number of carbonyl (C=O) groups is 1. The third-order valence-corrected chi connectivity index (χ3v) is 3.84. The molecule has 0 aliphatic heterocycles. The number of hydrogen-bond acceptors (Lipinski definition) is 2. The number of nitrogens with one attached hydrogen (secondary N) is 1. The molecule has 0 heterocycles. The number of aliphatic hydroxyl groups excluding tert-OH is 1.